The topological polar surface area (TPSA) is 38.9 Å². The van der Waals surface area contributed by atoms with Crippen LogP contribution in [0, 0.1) is 12.7 Å². The maximum absolute atomic E-state index is 12.7. The predicted molar refractivity (Wildman–Crippen MR) is 57.1 cm³/mol. The van der Waals surface area contributed by atoms with Crippen LogP contribution in [-0.4, -0.2) is 10.1 Å². The van der Waals surface area contributed by atoms with Crippen LogP contribution in [-0.2, 0) is 5.33 Å². The van der Waals surface area contributed by atoms with Gasteiger partial charge in [0.15, 0.2) is 5.76 Å². The number of halogens is 2. The van der Waals surface area contributed by atoms with Crippen molar-refractivity contribution in [2.45, 2.75) is 12.3 Å². The SMILES string of the molecule is Cc1c(CBr)noc1-c1ccc(F)cn1. The van der Waals surface area contributed by atoms with E-state index in [9.17, 15) is 4.39 Å². The Labute approximate surface area is 94.4 Å². The number of hydrogen-bond acceptors (Lipinski definition) is 3. The van der Waals surface area contributed by atoms with Crippen molar-refractivity contribution in [1.29, 1.82) is 0 Å². The van der Waals surface area contributed by atoms with Gasteiger partial charge in [-0.3, -0.25) is 0 Å². The molecule has 0 saturated carbocycles. The fourth-order valence-electron chi connectivity index (χ4n) is 1.24. The van der Waals surface area contributed by atoms with Gasteiger partial charge in [-0.15, -0.1) is 0 Å². The van der Waals surface area contributed by atoms with Crippen molar-refractivity contribution in [1.82, 2.24) is 10.1 Å². The zero-order chi connectivity index (χ0) is 10.8. The molecule has 5 heteroatoms. The van der Waals surface area contributed by atoms with Gasteiger partial charge >= 0.3 is 0 Å². The van der Waals surface area contributed by atoms with E-state index >= 15 is 0 Å². The Balaban J connectivity index is 2.45. The lowest BCUT2D eigenvalue weighted by molar-refractivity contribution is 0.425. The first-order chi connectivity index (χ1) is 7.22. The molecule has 0 unspecified atom stereocenters. The van der Waals surface area contributed by atoms with E-state index in [-0.39, 0.29) is 5.82 Å². The average molecular weight is 271 g/mol. The Kier molecular flexibility index (Phi) is 2.81. The van der Waals surface area contributed by atoms with E-state index in [2.05, 4.69) is 26.1 Å². The van der Waals surface area contributed by atoms with Crippen LogP contribution >= 0.6 is 15.9 Å². The highest BCUT2D eigenvalue weighted by Crippen LogP contribution is 2.24. The summed E-state index contributed by atoms with van der Waals surface area (Å²) in [6, 6.07) is 2.92. The Morgan fingerprint density at radius 3 is 2.80 bits per heavy atom. The molecule has 3 nitrogen and oxygen atoms in total. The van der Waals surface area contributed by atoms with Crippen LogP contribution in [0.2, 0.25) is 0 Å². The highest BCUT2D eigenvalue weighted by molar-refractivity contribution is 9.08. The minimum Gasteiger partial charge on any atom is -0.354 e. The van der Waals surface area contributed by atoms with E-state index in [0.29, 0.717) is 16.8 Å². The number of hydrogen-bond donors (Lipinski definition) is 0. The largest absolute Gasteiger partial charge is 0.354 e. The Morgan fingerprint density at radius 1 is 1.47 bits per heavy atom. The highest BCUT2D eigenvalue weighted by Gasteiger charge is 2.13. The zero-order valence-electron chi connectivity index (χ0n) is 8.00. The summed E-state index contributed by atoms with van der Waals surface area (Å²) in [5.41, 5.74) is 2.34. The number of rotatable bonds is 2. The average Bonchev–Trinajstić information content (AvgIpc) is 2.61. The molecule has 78 valence electrons. The van der Waals surface area contributed by atoms with Gasteiger partial charge in [-0.05, 0) is 19.1 Å². The molecule has 0 aliphatic heterocycles. The second-order valence-corrected chi connectivity index (χ2v) is 3.64. The molecule has 0 aliphatic carbocycles. The van der Waals surface area contributed by atoms with Gasteiger partial charge in [0.2, 0.25) is 0 Å². The molecule has 2 heterocycles. The zero-order valence-corrected chi connectivity index (χ0v) is 9.58. The third-order valence-corrected chi connectivity index (χ3v) is 2.64. The first-order valence-electron chi connectivity index (χ1n) is 4.35. The van der Waals surface area contributed by atoms with Gasteiger partial charge in [0.1, 0.15) is 11.5 Å². The smallest absolute Gasteiger partial charge is 0.188 e. The fourth-order valence-corrected chi connectivity index (χ4v) is 1.77. The van der Waals surface area contributed by atoms with Gasteiger partial charge in [0, 0.05) is 10.9 Å². The van der Waals surface area contributed by atoms with Crippen LogP contribution in [0.1, 0.15) is 11.3 Å². The van der Waals surface area contributed by atoms with Gasteiger partial charge in [0.05, 0.1) is 11.9 Å². The monoisotopic (exact) mass is 270 g/mol. The molecule has 0 fully saturated rings. The van der Waals surface area contributed by atoms with Crippen molar-refractivity contribution in [2.75, 3.05) is 0 Å². The lowest BCUT2D eigenvalue weighted by Gasteiger charge is -1.95. The molecule has 0 radical (unpaired) electrons. The molecular weight excluding hydrogens is 263 g/mol. The van der Waals surface area contributed by atoms with E-state index in [1.54, 1.807) is 6.07 Å². The summed E-state index contributed by atoms with van der Waals surface area (Å²) in [7, 11) is 0. The number of aromatic nitrogens is 2. The summed E-state index contributed by atoms with van der Waals surface area (Å²) < 4.78 is 17.8. The molecule has 0 amide bonds. The van der Waals surface area contributed by atoms with Crippen molar-refractivity contribution in [3.05, 3.63) is 35.4 Å². The molecule has 0 saturated heterocycles. The van der Waals surface area contributed by atoms with Crippen molar-refractivity contribution in [3.8, 4) is 11.5 Å². The maximum atomic E-state index is 12.7. The van der Waals surface area contributed by atoms with Crippen LogP contribution in [0.5, 0.6) is 0 Å². The Bertz CT molecular complexity index is 467. The predicted octanol–water partition coefficient (Wildman–Crippen LogP) is 3.08. The van der Waals surface area contributed by atoms with Crippen LogP contribution in [0.3, 0.4) is 0 Å². The normalized spacial score (nSPS) is 10.6. The van der Waals surface area contributed by atoms with Crippen molar-refractivity contribution in [3.63, 3.8) is 0 Å². The molecule has 2 aromatic rings. The third-order valence-electron chi connectivity index (χ3n) is 2.11. The van der Waals surface area contributed by atoms with Crippen molar-refractivity contribution < 1.29 is 8.91 Å². The summed E-state index contributed by atoms with van der Waals surface area (Å²) in [4.78, 5) is 3.93. The van der Waals surface area contributed by atoms with Crippen molar-refractivity contribution >= 4 is 15.9 Å². The molecular formula is C10H8BrFN2O. The van der Waals surface area contributed by atoms with E-state index in [4.69, 9.17) is 4.52 Å². The van der Waals surface area contributed by atoms with Gasteiger partial charge in [0.25, 0.3) is 0 Å². The third kappa shape index (κ3) is 1.92. The maximum Gasteiger partial charge on any atom is 0.188 e. The quantitative estimate of drug-likeness (QED) is 0.788. The van der Waals surface area contributed by atoms with E-state index in [0.717, 1.165) is 17.5 Å². The Morgan fingerprint density at radius 2 is 2.27 bits per heavy atom. The summed E-state index contributed by atoms with van der Waals surface area (Å²) in [5, 5.41) is 4.51. The molecule has 0 aliphatic rings. The molecule has 0 spiro atoms. The number of nitrogens with zero attached hydrogens (tertiary/aromatic N) is 2. The van der Waals surface area contributed by atoms with E-state index in [1.807, 2.05) is 6.92 Å². The van der Waals surface area contributed by atoms with E-state index in [1.165, 1.54) is 6.07 Å². The second-order valence-electron chi connectivity index (χ2n) is 3.08. The van der Waals surface area contributed by atoms with Crippen molar-refractivity contribution in [2.24, 2.45) is 0 Å². The molecule has 2 aromatic heterocycles. The molecule has 15 heavy (non-hydrogen) atoms. The first-order valence-corrected chi connectivity index (χ1v) is 5.47. The summed E-state index contributed by atoms with van der Waals surface area (Å²) in [5.74, 6) is 0.223. The fraction of sp³-hybridized carbons (Fsp3) is 0.200. The Hall–Kier alpha value is -1.23. The lowest BCUT2D eigenvalue weighted by atomic mass is 10.2. The number of alkyl halides is 1. The number of pyridine rings is 1. The van der Waals surface area contributed by atoms with Crippen LogP contribution in [0.25, 0.3) is 11.5 Å². The minimum atomic E-state index is -0.364. The second kappa shape index (κ2) is 4.10. The molecule has 0 atom stereocenters. The molecule has 0 bridgehead atoms. The summed E-state index contributed by atoms with van der Waals surface area (Å²) >= 11 is 3.30. The summed E-state index contributed by atoms with van der Waals surface area (Å²) in [6.45, 7) is 1.90. The van der Waals surface area contributed by atoms with Gasteiger partial charge in [-0.2, -0.15) is 0 Å². The van der Waals surface area contributed by atoms with Gasteiger partial charge in [-0.1, -0.05) is 21.1 Å². The summed E-state index contributed by atoms with van der Waals surface area (Å²) in [6.07, 6.45) is 1.16. The molecule has 0 aromatic carbocycles. The van der Waals surface area contributed by atoms with Gasteiger partial charge < -0.3 is 4.52 Å². The highest BCUT2D eigenvalue weighted by atomic mass is 79.9. The molecule has 2 rings (SSSR count). The molecule has 0 N–H and O–H groups in total. The van der Waals surface area contributed by atoms with Crippen LogP contribution < -0.4 is 0 Å². The van der Waals surface area contributed by atoms with Gasteiger partial charge in [-0.25, -0.2) is 9.37 Å². The van der Waals surface area contributed by atoms with Crippen LogP contribution in [0.15, 0.2) is 22.9 Å². The standard InChI is InChI=1S/C10H8BrFN2O/c1-6-9(4-11)14-15-10(6)8-3-2-7(12)5-13-8/h2-3,5H,4H2,1H3. The van der Waals surface area contributed by atoms with E-state index < -0.39 is 0 Å². The lowest BCUT2D eigenvalue weighted by Crippen LogP contribution is -1.86. The minimum absolute atomic E-state index is 0.364. The van der Waals surface area contributed by atoms with Crippen LogP contribution in [0.4, 0.5) is 4.39 Å². The first kappa shape index (κ1) is 10.3.